The van der Waals surface area contributed by atoms with Crippen molar-refractivity contribution in [2.75, 3.05) is 11.9 Å². The molecule has 0 unspecified atom stereocenters. The topological polar surface area (TPSA) is 84.5 Å². The number of amides is 2. The SMILES string of the molecule is C[C@]1(C(=O)OCC(=O)Nc2ccccc2C(=O)NC2CCCC2)CC1(Cl)Cl. The maximum absolute atomic E-state index is 12.5. The summed E-state index contributed by atoms with van der Waals surface area (Å²) in [7, 11) is 0. The number of hydrogen-bond donors (Lipinski definition) is 2. The normalized spacial score (nSPS) is 23.5. The van der Waals surface area contributed by atoms with Crippen LogP contribution in [0.4, 0.5) is 5.69 Å². The zero-order chi connectivity index (χ0) is 19.7. The molecule has 0 saturated heterocycles. The molecule has 2 fully saturated rings. The number of esters is 1. The molecule has 2 amide bonds. The number of para-hydroxylation sites is 1. The van der Waals surface area contributed by atoms with E-state index in [1.54, 1.807) is 31.2 Å². The van der Waals surface area contributed by atoms with Gasteiger partial charge in [-0.1, -0.05) is 25.0 Å². The molecule has 0 radical (unpaired) electrons. The Labute approximate surface area is 167 Å². The lowest BCUT2D eigenvalue weighted by molar-refractivity contribution is -0.152. The Kier molecular flexibility index (Phi) is 5.68. The van der Waals surface area contributed by atoms with Gasteiger partial charge in [0, 0.05) is 12.5 Å². The van der Waals surface area contributed by atoms with E-state index in [4.69, 9.17) is 27.9 Å². The van der Waals surface area contributed by atoms with Crippen molar-refractivity contribution in [2.24, 2.45) is 5.41 Å². The second kappa shape index (κ2) is 7.68. The molecular formula is C19H22Cl2N2O4. The highest BCUT2D eigenvalue weighted by molar-refractivity contribution is 6.53. The van der Waals surface area contributed by atoms with Gasteiger partial charge in [-0.05, 0) is 31.9 Å². The van der Waals surface area contributed by atoms with Crippen LogP contribution in [-0.4, -0.2) is 34.8 Å². The first kappa shape index (κ1) is 20.0. The van der Waals surface area contributed by atoms with Gasteiger partial charge in [-0.2, -0.15) is 0 Å². The van der Waals surface area contributed by atoms with Crippen molar-refractivity contribution in [1.29, 1.82) is 0 Å². The minimum Gasteiger partial charge on any atom is -0.455 e. The number of hydrogen-bond acceptors (Lipinski definition) is 4. The van der Waals surface area contributed by atoms with E-state index in [1.165, 1.54) is 0 Å². The molecule has 8 heteroatoms. The van der Waals surface area contributed by atoms with Gasteiger partial charge in [-0.15, -0.1) is 23.2 Å². The maximum atomic E-state index is 12.5. The zero-order valence-electron chi connectivity index (χ0n) is 15.0. The molecule has 27 heavy (non-hydrogen) atoms. The molecule has 0 heterocycles. The summed E-state index contributed by atoms with van der Waals surface area (Å²) < 4.78 is 3.88. The van der Waals surface area contributed by atoms with Gasteiger partial charge in [-0.25, -0.2) is 0 Å². The van der Waals surface area contributed by atoms with Crippen LogP contribution in [0.2, 0.25) is 0 Å². The third-order valence-electron chi connectivity index (χ3n) is 5.18. The number of carbonyl (C=O) groups excluding carboxylic acids is 3. The quantitative estimate of drug-likeness (QED) is 0.553. The molecule has 0 bridgehead atoms. The summed E-state index contributed by atoms with van der Waals surface area (Å²) in [6.45, 7) is 1.12. The Morgan fingerprint density at radius 1 is 1.19 bits per heavy atom. The lowest BCUT2D eigenvalue weighted by Crippen LogP contribution is -2.33. The van der Waals surface area contributed by atoms with E-state index >= 15 is 0 Å². The van der Waals surface area contributed by atoms with Crippen molar-refractivity contribution in [2.45, 2.75) is 49.4 Å². The van der Waals surface area contributed by atoms with E-state index in [0.717, 1.165) is 25.7 Å². The monoisotopic (exact) mass is 412 g/mol. The van der Waals surface area contributed by atoms with E-state index in [2.05, 4.69) is 10.6 Å². The third kappa shape index (κ3) is 4.38. The van der Waals surface area contributed by atoms with E-state index in [9.17, 15) is 14.4 Å². The maximum Gasteiger partial charge on any atom is 0.315 e. The molecule has 1 atom stereocenters. The Morgan fingerprint density at radius 2 is 1.81 bits per heavy atom. The highest BCUT2D eigenvalue weighted by Crippen LogP contribution is 2.64. The standard InChI is InChI=1S/C19H22Cl2N2O4/c1-18(11-19(18,20)21)17(26)27-10-15(24)23-14-9-5-4-8-13(14)16(25)22-12-6-2-3-7-12/h4-5,8-9,12H,2-3,6-7,10-11H2,1H3,(H,22,25)(H,23,24)/t18-/m1/s1. The first-order valence-electron chi connectivity index (χ1n) is 8.98. The summed E-state index contributed by atoms with van der Waals surface area (Å²) in [5.74, 6) is -1.38. The predicted octanol–water partition coefficient (Wildman–Crippen LogP) is 3.42. The molecule has 0 spiro atoms. The molecule has 3 rings (SSSR count). The molecule has 1 aromatic carbocycles. The van der Waals surface area contributed by atoms with Crippen LogP contribution in [0.5, 0.6) is 0 Å². The molecule has 146 valence electrons. The minimum absolute atomic E-state index is 0.174. The van der Waals surface area contributed by atoms with E-state index < -0.39 is 28.2 Å². The summed E-state index contributed by atoms with van der Waals surface area (Å²) in [6.07, 6.45) is 4.45. The lowest BCUT2D eigenvalue weighted by Gasteiger charge is -2.15. The van der Waals surface area contributed by atoms with Crippen molar-refractivity contribution in [3.05, 3.63) is 29.8 Å². The van der Waals surface area contributed by atoms with Crippen molar-refractivity contribution >= 4 is 46.7 Å². The van der Waals surface area contributed by atoms with Gasteiger partial charge in [0.1, 0.15) is 9.75 Å². The van der Waals surface area contributed by atoms with Crippen LogP contribution < -0.4 is 10.6 Å². The van der Waals surface area contributed by atoms with Gasteiger partial charge < -0.3 is 15.4 Å². The third-order valence-corrected chi connectivity index (χ3v) is 6.28. The Morgan fingerprint density at radius 3 is 2.44 bits per heavy atom. The summed E-state index contributed by atoms with van der Waals surface area (Å²) in [5.41, 5.74) is -0.246. The van der Waals surface area contributed by atoms with Gasteiger partial charge in [0.25, 0.3) is 11.8 Å². The Hall–Kier alpha value is -1.79. The number of anilines is 1. The lowest BCUT2D eigenvalue weighted by atomic mass is 10.1. The minimum atomic E-state index is -1.15. The van der Waals surface area contributed by atoms with Crippen LogP contribution in [0, 0.1) is 5.41 Å². The van der Waals surface area contributed by atoms with Crippen molar-refractivity contribution in [1.82, 2.24) is 5.32 Å². The summed E-state index contributed by atoms with van der Waals surface area (Å²) in [5, 5.41) is 5.61. The molecule has 0 aromatic heterocycles. The average Bonchev–Trinajstić information content (AvgIpc) is 2.97. The largest absolute Gasteiger partial charge is 0.455 e. The molecule has 0 aliphatic heterocycles. The van der Waals surface area contributed by atoms with Crippen LogP contribution in [-0.2, 0) is 14.3 Å². The van der Waals surface area contributed by atoms with Gasteiger partial charge in [0.05, 0.1) is 11.3 Å². The van der Waals surface area contributed by atoms with E-state index in [-0.39, 0.29) is 18.4 Å². The number of rotatable bonds is 6. The summed E-state index contributed by atoms with van der Waals surface area (Å²) >= 11 is 11.9. The molecule has 2 saturated carbocycles. The van der Waals surface area contributed by atoms with E-state index in [0.29, 0.717) is 11.3 Å². The van der Waals surface area contributed by atoms with Crippen LogP contribution in [0.1, 0.15) is 49.4 Å². The number of halogens is 2. The van der Waals surface area contributed by atoms with Crippen LogP contribution in [0.15, 0.2) is 24.3 Å². The van der Waals surface area contributed by atoms with Crippen molar-refractivity contribution in [3.8, 4) is 0 Å². The molecular weight excluding hydrogens is 391 g/mol. The molecule has 2 aliphatic rings. The van der Waals surface area contributed by atoms with Crippen LogP contribution in [0.3, 0.4) is 0 Å². The fourth-order valence-corrected chi connectivity index (χ4v) is 3.91. The van der Waals surface area contributed by atoms with Crippen molar-refractivity contribution < 1.29 is 19.1 Å². The van der Waals surface area contributed by atoms with Crippen LogP contribution in [0.25, 0.3) is 0 Å². The fourth-order valence-electron chi connectivity index (χ4n) is 3.22. The fraction of sp³-hybridized carbons (Fsp3) is 0.526. The second-order valence-corrected chi connectivity index (χ2v) is 8.82. The smallest absolute Gasteiger partial charge is 0.315 e. The number of alkyl halides is 2. The average molecular weight is 413 g/mol. The zero-order valence-corrected chi connectivity index (χ0v) is 16.5. The van der Waals surface area contributed by atoms with Gasteiger partial charge in [0.15, 0.2) is 6.61 Å². The first-order chi connectivity index (χ1) is 12.7. The van der Waals surface area contributed by atoms with Crippen LogP contribution >= 0.6 is 23.2 Å². The van der Waals surface area contributed by atoms with Gasteiger partial charge >= 0.3 is 5.97 Å². The first-order valence-corrected chi connectivity index (χ1v) is 9.73. The van der Waals surface area contributed by atoms with Gasteiger partial charge in [-0.3, -0.25) is 14.4 Å². The number of nitrogens with one attached hydrogen (secondary N) is 2. The Balaban J connectivity index is 1.56. The number of benzene rings is 1. The number of carbonyl (C=O) groups is 3. The second-order valence-electron chi connectivity index (χ2n) is 7.34. The molecule has 2 aliphatic carbocycles. The van der Waals surface area contributed by atoms with Gasteiger partial charge in [0.2, 0.25) is 0 Å². The Bertz CT molecular complexity index is 762. The van der Waals surface area contributed by atoms with E-state index in [1.807, 2.05) is 0 Å². The van der Waals surface area contributed by atoms with Crippen molar-refractivity contribution in [3.63, 3.8) is 0 Å². The summed E-state index contributed by atoms with van der Waals surface area (Å²) in [6, 6.07) is 6.90. The number of ether oxygens (including phenoxy) is 1. The summed E-state index contributed by atoms with van der Waals surface area (Å²) in [4.78, 5) is 36.7. The predicted molar refractivity (Wildman–Crippen MR) is 103 cm³/mol. The highest BCUT2D eigenvalue weighted by atomic mass is 35.5. The highest BCUT2D eigenvalue weighted by Gasteiger charge is 2.69. The molecule has 6 nitrogen and oxygen atoms in total. The molecule has 2 N–H and O–H groups in total. The molecule has 1 aromatic rings.